The van der Waals surface area contributed by atoms with Crippen molar-refractivity contribution in [3.8, 4) is 6.07 Å². The summed E-state index contributed by atoms with van der Waals surface area (Å²) in [5.41, 5.74) is 0.961. The lowest BCUT2D eigenvalue weighted by Gasteiger charge is -1.99. The van der Waals surface area contributed by atoms with Gasteiger partial charge in [0.2, 0.25) is 5.12 Å². The van der Waals surface area contributed by atoms with Crippen molar-refractivity contribution in [3.63, 3.8) is 0 Å². The van der Waals surface area contributed by atoms with Crippen LogP contribution in [0.1, 0.15) is 42.1 Å². The number of nitriles is 1. The van der Waals surface area contributed by atoms with Crippen LogP contribution in [0.5, 0.6) is 0 Å². The highest BCUT2D eigenvalue weighted by Crippen LogP contribution is 2.16. The third kappa shape index (κ3) is 4.41. The predicted molar refractivity (Wildman–Crippen MR) is 67.6 cm³/mol. The number of rotatable bonds is 4. The van der Waals surface area contributed by atoms with Gasteiger partial charge in [-0.1, -0.05) is 13.3 Å². The van der Waals surface area contributed by atoms with Crippen molar-refractivity contribution in [1.29, 1.82) is 5.26 Å². The summed E-state index contributed by atoms with van der Waals surface area (Å²) in [6.07, 6.45) is 2.19. The molecule has 0 amide bonds. The fourth-order valence-corrected chi connectivity index (χ4v) is 1.92. The summed E-state index contributed by atoms with van der Waals surface area (Å²) in [4.78, 5) is 23.1. The SMILES string of the molecule is CCCCC(=O)SC(=O)c1ccc(C#N)cc1. The van der Waals surface area contributed by atoms with Crippen molar-refractivity contribution in [3.05, 3.63) is 35.4 Å². The van der Waals surface area contributed by atoms with E-state index in [1.54, 1.807) is 24.3 Å². The van der Waals surface area contributed by atoms with Crippen LogP contribution in [-0.2, 0) is 4.79 Å². The van der Waals surface area contributed by atoms with Crippen molar-refractivity contribution in [2.24, 2.45) is 0 Å². The molecule has 0 atom stereocenters. The van der Waals surface area contributed by atoms with Gasteiger partial charge >= 0.3 is 0 Å². The molecule has 0 saturated heterocycles. The van der Waals surface area contributed by atoms with Gasteiger partial charge in [0.05, 0.1) is 11.6 Å². The highest BCUT2D eigenvalue weighted by Gasteiger charge is 2.12. The predicted octanol–water partition coefficient (Wildman–Crippen LogP) is 3.15. The van der Waals surface area contributed by atoms with E-state index in [1.165, 1.54) is 0 Å². The Morgan fingerprint density at radius 2 is 1.94 bits per heavy atom. The van der Waals surface area contributed by atoms with E-state index in [-0.39, 0.29) is 10.2 Å². The Labute approximate surface area is 105 Å². The van der Waals surface area contributed by atoms with Gasteiger partial charge in [-0.3, -0.25) is 9.59 Å². The van der Waals surface area contributed by atoms with Gasteiger partial charge in [-0.05, 0) is 42.4 Å². The van der Waals surface area contributed by atoms with Crippen LogP contribution in [-0.4, -0.2) is 10.2 Å². The van der Waals surface area contributed by atoms with E-state index in [1.807, 2.05) is 13.0 Å². The van der Waals surface area contributed by atoms with E-state index in [9.17, 15) is 9.59 Å². The second-order valence-corrected chi connectivity index (χ2v) is 4.58. The number of benzene rings is 1. The van der Waals surface area contributed by atoms with Crippen LogP contribution in [0.15, 0.2) is 24.3 Å². The van der Waals surface area contributed by atoms with Gasteiger partial charge in [-0.25, -0.2) is 0 Å². The molecule has 17 heavy (non-hydrogen) atoms. The number of thioether (sulfide) groups is 1. The first-order valence-corrected chi connectivity index (χ1v) is 6.24. The Kier molecular flexibility index (Phi) is 5.44. The second-order valence-electron chi connectivity index (χ2n) is 3.55. The molecule has 0 aliphatic carbocycles. The zero-order valence-electron chi connectivity index (χ0n) is 9.60. The van der Waals surface area contributed by atoms with Crippen LogP contribution in [0.25, 0.3) is 0 Å². The maximum absolute atomic E-state index is 11.7. The maximum Gasteiger partial charge on any atom is 0.226 e. The topological polar surface area (TPSA) is 57.9 Å². The Hall–Kier alpha value is -1.60. The van der Waals surface area contributed by atoms with E-state index in [0.717, 1.165) is 24.6 Å². The molecule has 0 heterocycles. The molecule has 0 fully saturated rings. The van der Waals surface area contributed by atoms with Gasteiger partial charge in [0.1, 0.15) is 0 Å². The summed E-state index contributed by atoms with van der Waals surface area (Å²) >= 11 is 0.745. The van der Waals surface area contributed by atoms with Gasteiger partial charge in [-0.2, -0.15) is 5.26 Å². The van der Waals surface area contributed by atoms with Crippen molar-refractivity contribution in [2.45, 2.75) is 26.2 Å². The van der Waals surface area contributed by atoms with Crippen LogP contribution in [0.4, 0.5) is 0 Å². The molecule has 0 unspecified atom stereocenters. The maximum atomic E-state index is 11.7. The Bertz CT molecular complexity index is 445. The highest BCUT2D eigenvalue weighted by atomic mass is 32.2. The fourth-order valence-electron chi connectivity index (χ4n) is 1.22. The number of unbranched alkanes of at least 4 members (excludes halogenated alkanes) is 1. The van der Waals surface area contributed by atoms with Gasteiger partial charge in [0.15, 0.2) is 5.12 Å². The molecule has 0 aliphatic rings. The molecule has 0 N–H and O–H groups in total. The Morgan fingerprint density at radius 3 is 2.47 bits per heavy atom. The molecule has 1 rings (SSSR count). The lowest BCUT2D eigenvalue weighted by molar-refractivity contribution is -0.111. The van der Waals surface area contributed by atoms with E-state index in [4.69, 9.17) is 5.26 Å². The standard InChI is InChI=1S/C13H13NO2S/c1-2-3-4-12(15)17-13(16)11-7-5-10(9-14)6-8-11/h5-8H,2-4H2,1H3. The minimum Gasteiger partial charge on any atom is -0.287 e. The molecular formula is C13H13NO2S. The Morgan fingerprint density at radius 1 is 1.29 bits per heavy atom. The lowest BCUT2D eigenvalue weighted by atomic mass is 10.2. The zero-order chi connectivity index (χ0) is 12.7. The minimum atomic E-state index is -0.254. The molecule has 1 aromatic carbocycles. The normalized spacial score (nSPS) is 9.65. The van der Waals surface area contributed by atoms with Crippen LogP contribution < -0.4 is 0 Å². The molecule has 0 aromatic heterocycles. The first-order valence-electron chi connectivity index (χ1n) is 5.42. The van der Waals surface area contributed by atoms with Crippen LogP contribution >= 0.6 is 11.8 Å². The van der Waals surface area contributed by atoms with E-state index < -0.39 is 0 Å². The average molecular weight is 247 g/mol. The fraction of sp³-hybridized carbons (Fsp3) is 0.308. The molecule has 0 aliphatic heterocycles. The number of hydrogen-bond acceptors (Lipinski definition) is 4. The quantitative estimate of drug-likeness (QED) is 0.820. The molecule has 88 valence electrons. The number of nitrogens with zero attached hydrogens (tertiary/aromatic N) is 1. The summed E-state index contributed by atoms with van der Waals surface area (Å²) in [7, 11) is 0. The van der Waals surface area contributed by atoms with E-state index in [0.29, 0.717) is 17.5 Å². The molecule has 1 aromatic rings. The van der Waals surface area contributed by atoms with Crippen molar-refractivity contribution >= 4 is 22.0 Å². The summed E-state index contributed by atoms with van der Waals surface area (Å²) in [6, 6.07) is 8.27. The van der Waals surface area contributed by atoms with Gasteiger partial charge in [0.25, 0.3) is 0 Å². The Balaban J connectivity index is 2.58. The number of hydrogen-bond donors (Lipinski definition) is 0. The van der Waals surface area contributed by atoms with Crippen LogP contribution in [0, 0.1) is 11.3 Å². The molecule has 4 heteroatoms. The summed E-state index contributed by atoms with van der Waals surface area (Å²) < 4.78 is 0. The van der Waals surface area contributed by atoms with Gasteiger partial charge in [0, 0.05) is 12.0 Å². The van der Waals surface area contributed by atoms with E-state index in [2.05, 4.69) is 0 Å². The second kappa shape index (κ2) is 6.87. The van der Waals surface area contributed by atoms with Crippen molar-refractivity contribution in [2.75, 3.05) is 0 Å². The average Bonchev–Trinajstić information content (AvgIpc) is 2.36. The van der Waals surface area contributed by atoms with Gasteiger partial charge < -0.3 is 0 Å². The smallest absolute Gasteiger partial charge is 0.226 e. The van der Waals surface area contributed by atoms with Gasteiger partial charge in [-0.15, -0.1) is 0 Å². The monoisotopic (exact) mass is 247 g/mol. The molecular weight excluding hydrogens is 234 g/mol. The van der Waals surface area contributed by atoms with Crippen LogP contribution in [0.2, 0.25) is 0 Å². The molecule has 0 bridgehead atoms. The molecule has 3 nitrogen and oxygen atoms in total. The van der Waals surface area contributed by atoms with E-state index >= 15 is 0 Å². The third-order valence-electron chi connectivity index (χ3n) is 2.19. The minimum absolute atomic E-state index is 0.0961. The summed E-state index contributed by atoms with van der Waals surface area (Å²) in [5, 5.41) is 8.27. The number of carbonyl (C=O) groups excluding carboxylic acids is 2. The molecule has 0 spiro atoms. The first-order chi connectivity index (χ1) is 8.17. The summed E-state index contributed by atoms with van der Waals surface area (Å²) in [5.74, 6) is 0. The van der Waals surface area contributed by atoms with Crippen molar-refractivity contribution in [1.82, 2.24) is 0 Å². The summed E-state index contributed by atoms with van der Waals surface area (Å²) in [6.45, 7) is 2.00. The zero-order valence-corrected chi connectivity index (χ0v) is 10.4. The third-order valence-corrected chi connectivity index (χ3v) is 3.04. The van der Waals surface area contributed by atoms with Crippen LogP contribution in [0.3, 0.4) is 0 Å². The largest absolute Gasteiger partial charge is 0.287 e. The highest BCUT2D eigenvalue weighted by molar-refractivity contribution is 8.26. The molecule has 0 saturated carbocycles. The lowest BCUT2D eigenvalue weighted by Crippen LogP contribution is -2.00. The number of carbonyl (C=O) groups is 2. The first kappa shape index (κ1) is 13.5. The van der Waals surface area contributed by atoms with Crippen molar-refractivity contribution < 1.29 is 9.59 Å². The molecule has 0 radical (unpaired) electrons.